The SMILES string of the molecule is Cc1ccc(-c2ccc(N3CCN(C(=O)C4CCCC4)CC3)nn2)cc1C. The van der Waals surface area contributed by atoms with E-state index in [4.69, 9.17) is 0 Å². The molecular formula is C22H28N4O. The Bertz CT molecular complexity index is 804. The van der Waals surface area contributed by atoms with Gasteiger partial charge in [0.05, 0.1) is 5.69 Å². The van der Waals surface area contributed by atoms with Crippen molar-refractivity contribution in [3.63, 3.8) is 0 Å². The van der Waals surface area contributed by atoms with Crippen molar-refractivity contribution in [3.8, 4) is 11.3 Å². The number of amides is 1. The number of rotatable bonds is 3. The fourth-order valence-electron chi connectivity index (χ4n) is 4.14. The molecule has 1 amide bonds. The van der Waals surface area contributed by atoms with Crippen molar-refractivity contribution in [2.24, 2.45) is 5.92 Å². The van der Waals surface area contributed by atoms with Crippen LogP contribution in [0.2, 0.25) is 0 Å². The lowest BCUT2D eigenvalue weighted by Crippen LogP contribution is -2.50. The van der Waals surface area contributed by atoms with Crippen LogP contribution >= 0.6 is 0 Å². The first-order valence-electron chi connectivity index (χ1n) is 10.1. The van der Waals surface area contributed by atoms with Gasteiger partial charge in [-0.2, -0.15) is 0 Å². The highest BCUT2D eigenvalue weighted by Crippen LogP contribution is 2.27. The van der Waals surface area contributed by atoms with Gasteiger partial charge in [-0.05, 0) is 56.0 Å². The first kappa shape index (κ1) is 18.0. The van der Waals surface area contributed by atoms with E-state index in [2.05, 4.69) is 47.1 Å². The molecule has 2 fully saturated rings. The van der Waals surface area contributed by atoms with Crippen molar-refractivity contribution in [3.05, 3.63) is 41.5 Å². The summed E-state index contributed by atoms with van der Waals surface area (Å²) in [7, 11) is 0. The number of hydrogen-bond acceptors (Lipinski definition) is 4. The van der Waals surface area contributed by atoms with Crippen molar-refractivity contribution in [2.75, 3.05) is 31.1 Å². The van der Waals surface area contributed by atoms with Gasteiger partial charge in [0.15, 0.2) is 5.82 Å². The van der Waals surface area contributed by atoms with Crippen molar-refractivity contribution >= 4 is 11.7 Å². The number of hydrogen-bond donors (Lipinski definition) is 0. The molecule has 1 aromatic carbocycles. The van der Waals surface area contributed by atoms with Gasteiger partial charge in [-0.25, -0.2) is 0 Å². The second-order valence-electron chi connectivity index (χ2n) is 7.87. The lowest BCUT2D eigenvalue weighted by atomic mass is 10.0. The normalized spacial score (nSPS) is 18.1. The number of carbonyl (C=O) groups excluding carboxylic acids is 1. The first-order valence-corrected chi connectivity index (χ1v) is 10.1. The smallest absolute Gasteiger partial charge is 0.225 e. The topological polar surface area (TPSA) is 49.3 Å². The van der Waals surface area contributed by atoms with Gasteiger partial charge in [-0.15, -0.1) is 10.2 Å². The Morgan fingerprint density at radius 1 is 0.926 bits per heavy atom. The Labute approximate surface area is 161 Å². The fourth-order valence-corrected chi connectivity index (χ4v) is 4.14. The summed E-state index contributed by atoms with van der Waals surface area (Å²) in [6, 6.07) is 10.5. The minimum atomic E-state index is 0.272. The molecule has 0 radical (unpaired) electrons. The van der Waals surface area contributed by atoms with Crippen LogP contribution in [0.5, 0.6) is 0 Å². The number of piperazine rings is 1. The Morgan fingerprint density at radius 2 is 1.67 bits per heavy atom. The molecular weight excluding hydrogens is 336 g/mol. The Hall–Kier alpha value is -2.43. The molecule has 2 aliphatic rings. The van der Waals surface area contributed by atoms with E-state index in [1.54, 1.807) is 0 Å². The predicted octanol–water partition coefficient (Wildman–Crippen LogP) is 3.60. The van der Waals surface area contributed by atoms with Crippen LogP contribution in [0.1, 0.15) is 36.8 Å². The van der Waals surface area contributed by atoms with Gasteiger partial charge in [-0.3, -0.25) is 4.79 Å². The van der Waals surface area contributed by atoms with Crippen LogP contribution in [-0.2, 0) is 4.79 Å². The summed E-state index contributed by atoms with van der Waals surface area (Å²) in [4.78, 5) is 16.9. The molecule has 0 spiro atoms. The second-order valence-corrected chi connectivity index (χ2v) is 7.87. The summed E-state index contributed by atoms with van der Waals surface area (Å²) in [6.07, 6.45) is 4.56. The zero-order valence-corrected chi connectivity index (χ0v) is 16.3. The van der Waals surface area contributed by atoms with Crippen molar-refractivity contribution in [2.45, 2.75) is 39.5 Å². The molecule has 5 heteroatoms. The lowest BCUT2D eigenvalue weighted by Gasteiger charge is -2.36. The Balaban J connectivity index is 1.38. The molecule has 1 saturated heterocycles. The summed E-state index contributed by atoms with van der Waals surface area (Å²) in [5.41, 5.74) is 4.55. The van der Waals surface area contributed by atoms with Gasteiger partial charge in [0, 0.05) is 37.7 Å². The number of nitrogens with zero attached hydrogens (tertiary/aromatic N) is 4. The van der Waals surface area contributed by atoms with Gasteiger partial charge < -0.3 is 9.80 Å². The molecule has 5 nitrogen and oxygen atoms in total. The standard InChI is InChI=1S/C22H28N4O/c1-16-7-8-19(15-17(16)2)20-9-10-21(24-23-20)25-11-13-26(14-12-25)22(27)18-5-3-4-6-18/h7-10,15,18H,3-6,11-14H2,1-2H3. The third-order valence-corrected chi connectivity index (χ3v) is 6.07. The van der Waals surface area contributed by atoms with Crippen molar-refractivity contribution in [1.82, 2.24) is 15.1 Å². The number of aromatic nitrogens is 2. The number of anilines is 1. The van der Waals surface area contributed by atoms with Gasteiger partial charge >= 0.3 is 0 Å². The minimum absolute atomic E-state index is 0.272. The highest BCUT2D eigenvalue weighted by Gasteiger charge is 2.29. The zero-order chi connectivity index (χ0) is 18.8. The van der Waals surface area contributed by atoms with Crippen LogP contribution < -0.4 is 4.90 Å². The number of aryl methyl sites for hydroxylation is 2. The molecule has 0 N–H and O–H groups in total. The van der Waals surface area contributed by atoms with E-state index in [-0.39, 0.29) is 5.92 Å². The van der Waals surface area contributed by atoms with Crippen molar-refractivity contribution < 1.29 is 4.79 Å². The summed E-state index contributed by atoms with van der Waals surface area (Å²) in [6.45, 7) is 7.47. The molecule has 2 aromatic rings. The van der Waals surface area contributed by atoms with E-state index in [9.17, 15) is 4.79 Å². The summed E-state index contributed by atoms with van der Waals surface area (Å²) >= 11 is 0. The quantitative estimate of drug-likeness (QED) is 0.835. The summed E-state index contributed by atoms with van der Waals surface area (Å²) < 4.78 is 0. The van der Waals surface area contributed by atoms with Gasteiger partial charge in [-0.1, -0.05) is 25.0 Å². The largest absolute Gasteiger partial charge is 0.352 e. The maximum absolute atomic E-state index is 12.6. The molecule has 142 valence electrons. The van der Waals surface area contributed by atoms with Crippen LogP contribution in [0, 0.1) is 19.8 Å². The van der Waals surface area contributed by atoms with Gasteiger partial charge in [0.1, 0.15) is 0 Å². The van der Waals surface area contributed by atoms with Crippen molar-refractivity contribution in [1.29, 1.82) is 0 Å². The van der Waals surface area contributed by atoms with E-state index in [0.29, 0.717) is 5.91 Å². The molecule has 1 aliphatic heterocycles. The third-order valence-electron chi connectivity index (χ3n) is 6.07. The molecule has 0 atom stereocenters. The van der Waals surface area contributed by atoms with Gasteiger partial charge in [0.2, 0.25) is 5.91 Å². The predicted molar refractivity (Wildman–Crippen MR) is 108 cm³/mol. The van der Waals surface area contributed by atoms with E-state index < -0.39 is 0 Å². The van der Waals surface area contributed by atoms with E-state index in [0.717, 1.165) is 56.1 Å². The molecule has 4 rings (SSSR count). The number of carbonyl (C=O) groups is 1. The minimum Gasteiger partial charge on any atom is -0.352 e. The Morgan fingerprint density at radius 3 is 2.30 bits per heavy atom. The van der Waals surface area contributed by atoms with E-state index >= 15 is 0 Å². The van der Waals surface area contributed by atoms with Crippen LogP contribution in [0.25, 0.3) is 11.3 Å². The van der Waals surface area contributed by atoms with Crippen LogP contribution in [-0.4, -0.2) is 47.2 Å². The molecule has 1 saturated carbocycles. The lowest BCUT2D eigenvalue weighted by molar-refractivity contribution is -0.135. The monoisotopic (exact) mass is 364 g/mol. The summed E-state index contributed by atoms with van der Waals surface area (Å²) in [5, 5.41) is 8.89. The van der Waals surface area contributed by atoms with Crippen LogP contribution in [0.3, 0.4) is 0 Å². The summed E-state index contributed by atoms with van der Waals surface area (Å²) in [5.74, 6) is 1.53. The average Bonchev–Trinajstić information content (AvgIpc) is 3.25. The molecule has 27 heavy (non-hydrogen) atoms. The molecule has 2 heterocycles. The van der Waals surface area contributed by atoms with Gasteiger partial charge in [0.25, 0.3) is 0 Å². The third kappa shape index (κ3) is 3.82. The maximum Gasteiger partial charge on any atom is 0.225 e. The molecule has 0 bridgehead atoms. The van der Waals surface area contributed by atoms with Crippen LogP contribution in [0.4, 0.5) is 5.82 Å². The van der Waals surface area contributed by atoms with Crippen LogP contribution in [0.15, 0.2) is 30.3 Å². The first-order chi connectivity index (χ1) is 13.1. The zero-order valence-electron chi connectivity index (χ0n) is 16.3. The highest BCUT2D eigenvalue weighted by molar-refractivity contribution is 5.79. The Kier molecular flexibility index (Phi) is 5.10. The molecule has 0 unspecified atom stereocenters. The second kappa shape index (κ2) is 7.67. The van der Waals surface area contributed by atoms with E-state index in [1.807, 2.05) is 17.0 Å². The average molecular weight is 364 g/mol. The fraction of sp³-hybridized carbons (Fsp3) is 0.500. The molecule has 1 aromatic heterocycles. The maximum atomic E-state index is 12.6. The molecule has 1 aliphatic carbocycles. The van der Waals surface area contributed by atoms with E-state index in [1.165, 1.54) is 24.0 Å². The number of benzene rings is 1. The highest BCUT2D eigenvalue weighted by atomic mass is 16.2.